The summed E-state index contributed by atoms with van der Waals surface area (Å²) in [5, 5.41) is 26.6. The smallest absolute Gasteiger partial charge is 0.363 e. The molecule has 0 aliphatic carbocycles. The topological polar surface area (TPSA) is 257 Å². The lowest BCUT2D eigenvalue weighted by Crippen LogP contribution is -2.49. The zero-order chi connectivity index (χ0) is 40.5. The van der Waals surface area contributed by atoms with Crippen LogP contribution in [0.25, 0.3) is 11.3 Å². The Morgan fingerprint density at radius 3 is 2.25 bits per heavy atom. The number of furan rings is 1. The summed E-state index contributed by atoms with van der Waals surface area (Å²) in [7, 11) is 0. The number of benzene rings is 2. The Balaban J connectivity index is 1.69. The maximum Gasteiger partial charge on any atom is 0.363 e. The van der Waals surface area contributed by atoms with Crippen molar-refractivity contribution in [1.29, 1.82) is 0 Å². The number of aliphatic carboxylic acids is 2. The minimum absolute atomic E-state index is 0.0483. The number of nitrogens with one attached hydrogen (secondary N) is 3. The van der Waals surface area contributed by atoms with Crippen LogP contribution in [0.3, 0.4) is 0 Å². The first-order chi connectivity index (χ1) is 26.4. The molecule has 296 valence electrons. The molecule has 17 heteroatoms. The van der Waals surface area contributed by atoms with Crippen molar-refractivity contribution in [2.24, 2.45) is 11.7 Å². The van der Waals surface area contributed by atoms with Crippen LogP contribution in [0.4, 0.5) is 0 Å². The second-order valence-electron chi connectivity index (χ2n) is 12.3. The number of hydrogen-bond acceptors (Lipinski definition) is 11. The predicted molar refractivity (Wildman–Crippen MR) is 196 cm³/mol. The zero-order valence-electron chi connectivity index (χ0n) is 30.9. The van der Waals surface area contributed by atoms with Crippen LogP contribution in [-0.2, 0) is 30.6 Å². The number of ether oxygens (including phenoxy) is 1. The van der Waals surface area contributed by atoms with Crippen molar-refractivity contribution in [3.05, 3.63) is 77.0 Å². The lowest BCUT2D eigenvalue weighted by atomic mass is 9.90. The van der Waals surface area contributed by atoms with Gasteiger partial charge in [-0.1, -0.05) is 51.3 Å². The summed E-state index contributed by atoms with van der Waals surface area (Å²) in [5.74, 6) is -6.30. The molecule has 1 heterocycles. The fraction of sp³-hybridized carbons (Fsp3) is 0.395. The minimum atomic E-state index is -1.67. The molecule has 3 aromatic rings. The van der Waals surface area contributed by atoms with Crippen molar-refractivity contribution in [1.82, 2.24) is 21.0 Å². The Hall–Kier alpha value is -6.23. The van der Waals surface area contributed by atoms with Gasteiger partial charge in [0.05, 0.1) is 42.8 Å². The first kappa shape index (κ1) is 43.2. The van der Waals surface area contributed by atoms with Gasteiger partial charge >= 0.3 is 17.9 Å². The number of hydrogen-bond donors (Lipinski definition) is 6. The fourth-order valence-electron chi connectivity index (χ4n) is 5.64. The maximum absolute atomic E-state index is 13.5. The Labute approximate surface area is 317 Å². The van der Waals surface area contributed by atoms with Crippen LogP contribution in [0.15, 0.2) is 59.0 Å². The molecule has 0 radical (unpaired) electrons. The Morgan fingerprint density at radius 1 is 0.927 bits per heavy atom. The van der Waals surface area contributed by atoms with Crippen molar-refractivity contribution in [2.45, 2.75) is 77.9 Å². The monoisotopic (exact) mass is 765 g/mol. The van der Waals surface area contributed by atoms with Gasteiger partial charge in [0.25, 0.3) is 11.8 Å². The van der Waals surface area contributed by atoms with Gasteiger partial charge in [0.1, 0.15) is 17.6 Å². The molecular formula is C38H47N5O12. The van der Waals surface area contributed by atoms with Crippen LogP contribution < -0.4 is 26.4 Å². The van der Waals surface area contributed by atoms with Crippen molar-refractivity contribution >= 4 is 42.0 Å². The van der Waals surface area contributed by atoms with Gasteiger partial charge in [-0.15, -0.1) is 0 Å². The fourth-order valence-corrected chi connectivity index (χ4v) is 5.64. The molecule has 0 bridgehead atoms. The molecule has 0 aliphatic heterocycles. The van der Waals surface area contributed by atoms with Crippen LogP contribution in [0, 0.1) is 5.92 Å². The molecule has 7 N–H and O–H groups in total. The third-order valence-electron chi connectivity index (χ3n) is 8.52. The summed E-state index contributed by atoms with van der Waals surface area (Å²) in [6, 6.07) is 11.1. The third kappa shape index (κ3) is 12.4. The van der Waals surface area contributed by atoms with Gasteiger partial charge in [-0.25, -0.2) is 9.59 Å². The average Bonchev–Trinajstić information content (AvgIpc) is 3.67. The molecule has 0 saturated carbocycles. The van der Waals surface area contributed by atoms with Crippen LogP contribution in [0.2, 0.25) is 0 Å². The Morgan fingerprint density at radius 2 is 1.65 bits per heavy atom. The number of nitrogens with zero attached hydrogens (tertiary/aromatic N) is 1. The summed E-state index contributed by atoms with van der Waals surface area (Å²) < 4.78 is 11.3. The van der Waals surface area contributed by atoms with Crippen molar-refractivity contribution in [2.75, 3.05) is 13.3 Å². The first-order valence-corrected chi connectivity index (χ1v) is 17.8. The quantitative estimate of drug-likeness (QED) is 0.0350. The van der Waals surface area contributed by atoms with Gasteiger partial charge in [0.15, 0.2) is 5.76 Å². The van der Waals surface area contributed by atoms with E-state index in [0.29, 0.717) is 31.4 Å². The van der Waals surface area contributed by atoms with Gasteiger partial charge in [-0.2, -0.15) is 5.06 Å². The number of amides is 4. The van der Waals surface area contributed by atoms with Crippen LogP contribution >= 0.6 is 0 Å². The highest BCUT2D eigenvalue weighted by Crippen LogP contribution is 2.29. The molecular weight excluding hydrogens is 718 g/mol. The number of carbonyl (C=O) groups excluding carboxylic acids is 5. The predicted octanol–water partition coefficient (Wildman–Crippen LogP) is 3.47. The highest BCUT2D eigenvalue weighted by molar-refractivity contribution is 6.00. The Kier molecular flexibility index (Phi) is 16.9. The number of carbonyl (C=O) groups is 7. The largest absolute Gasteiger partial charge is 0.493 e. The minimum Gasteiger partial charge on any atom is -0.493 e. The van der Waals surface area contributed by atoms with Crippen molar-refractivity contribution in [3.63, 3.8) is 0 Å². The number of carboxylic acid groups (broad SMARTS) is 2. The summed E-state index contributed by atoms with van der Waals surface area (Å²) >= 11 is 0. The molecule has 0 unspecified atom stereocenters. The molecule has 2 aromatic carbocycles. The van der Waals surface area contributed by atoms with Crippen LogP contribution in [0.5, 0.6) is 5.75 Å². The van der Waals surface area contributed by atoms with Crippen LogP contribution in [-0.4, -0.2) is 82.7 Å². The number of rotatable bonds is 23. The lowest BCUT2D eigenvalue weighted by molar-refractivity contribution is -0.171. The first-order valence-electron chi connectivity index (χ1n) is 17.8. The van der Waals surface area contributed by atoms with E-state index in [1.165, 1.54) is 42.5 Å². The van der Waals surface area contributed by atoms with Gasteiger partial charge in [-0.05, 0) is 61.7 Å². The van der Waals surface area contributed by atoms with E-state index in [1.54, 1.807) is 26.0 Å². The number of nitrogens with two attached hydrogens (primary N) is 1. The molecule has 0 aliphatic rings. The van der Waals surface area contributed by atoms with Gasteiger partial charge < -0.3 is 45.9 Å². The van der Waals surface area contributed by atoms with E-state index < -0.39 is 60.1 Å². The van der Waals surface area contributed by atoms with E-state index in [2.05, 4.69) is 16.0 Å². The van der Waals surface area contributed by atoms with E-state index in [0.717, 1.165) is 23.5 Å². The number of hydroxylamine groups is 2. The van der Waals surface area contributed by atoms with E-state index in [4.69, 9.17) is 24.8 Å². The van der Waals surface area contributed by atoms with Crippen molar-refractivity contribution in [3.8, 4) is 17.1 Å². The molecule has 4 amide bonds. The lowest BCUT2D eigenvalue weighted by Gasteiger charge is -2.31. The van der Waals surface area contributed by atoms with Crippen molar-refractivity contribution < 1.29 is 57.8 Å². The zero-order valence-corrected chi connectivity index (χ0v) is 30.9. The number of unbranched alkanes of at least 4 members (excludes halogenated alkanes) is 2. The van der Waals surface area contributed by atoms with E-state index in [9.17, 15) is 38.7 Å². The van der Waals surface area contributed by atoms with E-state index in [1.807, 2.05) is 6.92 Å². The second kappa shape index (κ2) is 21.5. The Bertz CT molecular complexity index is 1810. The summed E-state index contributed by atoms with van der Waals surface area (Å²) in [6.07, 6.45) is 2.58. The molecule has 3 atom stereocenters. The molecule has 17 nitrogen and oxygen atoms in total. The average molecular weight is 766 g/mol. The summed E-state index contributed by atoms with van der Waals surface area (Å²) in [4.78, 5) is 92.3. The molecule has 1 aromatic heterocycles. The second-order valence-corrected chi connectivity index (χ2v) is 12.3. The van der Waals surface area contributed by atoms with Gasteiger partial charge in [0.2, 0.25) is 12.3 Å². The molecule has 0 fully saturated rings. The standard InChI is InChI=1S/C38H47N5O12/c1-4-7-8-9-26(29(5-2)43(22-44)55-38(52)24-12-10-23(20-39)11-13-24)34(47)40-21-41-36(49)31-17-16-30(54-31)25-14-15-27(32(18-25)53-6-3)35(48)42-28(37(50)51)19-33(45)46/h10-18,22,26,28-29H,4-9,19-21,39H2,1-3H3,(H,40,47)(H,41,49)(H,42,48)(H,45,46)(H,50,51)/t26-,28+,29-/m1/s1. The third-order valence-corrected chi connectivity index (χ3v) is 8.52. The molecule has 3 rings (SSSR count). The molecule has 0 spiro atoms. The van der Waals surface area contributed by atoms with Crippen LogP contribution in [0.1, 0.15) is 96.1 Å². The van der Waals surface area contributed by atoms with E-state index >= 15 is 0 Å². The summed E-state index contributed by atoms with van der Waals surface area (Å²) in [5.41, 5.74) is 7.00. The highest BCUT2D eigenvalue weighted by Gasteiger charge is 2.34. The highest BCUT2D eigenvalue weighted by atomic mass is 16.7. The molecule has 0 saturated heterocycles. The van der Waals surface area contributed by atoms with E-state index in [-0.39, 0.29) is 48.1 Å². The normalized spacial score (nSPS) is 12.4. The SMILES string of the molecule is CCCCC[C@@H](C(=O)NCNC(=O)c1ccc(-c2ccc(C(=O)N[C@@H](CC(=O)O)C(=O)O)c(OCC)c2)o1)[C@@H](CC)N(C=O)OC(=O)c1ccc(CN)cc1. The van der Waals surface area contributed by atoms with Gasteiger partial charge in [-0.3, -0.25) is 24.0 Å². The summed E-state index contributed by atoms with van der Waals surface area (Å²) in [6.45, 7) is 5.57. The maximum atomic E-state index is 13.5. The number of carboxylic acids is 2. The molecule has 55 heavy (non-hydrogen) atoms. The van der Waals surface area contributed by atoms with Gasteiger partial charge in [0, 0.05) is 12.1 Å².